The van der Waals surface area contributed by atoms with Gasteiger partial charge in [0.2, 0.25) is 5.91 Å². The van der Waals surface area contributed by atoms with Crippen LogP contribution in [0.25, 0.3) is 10.9 Å². The highest BCUT2D eigenvalue weighted by Crippen LogP contribution is 2.14. The Labute approximate surface area is 165 Å². The molecule has 0 aliphatic heterocycles. The van der Waals surface area contributed by atoms with Crippen molar-refractivity contribution in [3.8, 4) is 0 Å². The number of rotatable bonds is 8. The highest BCUT2D eigenvalue weighted by molar-refractivity contribution is 7.98. The Morgan fingerprint density at radius 2 is 1.96 bits per heavy atom. The number of benzene rings is 1. The van der Waals surface area contributed by atoms with E-state index in [9.17, 15) is 9.59 Å². The maximum atomic E-state index is 12.5. The highest BCUT2D eigenvalue weighted by atomic mass is 32.2. The number of nitrogens with zero attached hydrogens (tertiary/aromatic N) is 1. The summed E-state index contributed by atoms with van der Waals surface area (Å²) >= 11 is 1.63. The lowest BCUT2D eigenvalue weighted by Gasteiger charge is -2.23. The number of aromatic nitrogens is 1. The van der Waals surface area contributed by atoms with Crippen LogP contribution < -0.4 is 10.6 Å². The molecular weight excluding hydrogens is 362 g/mol. The summed E-state index contributed by atoms with van der Waals surface area (Å²) in [6.45, 7) is 6.55. The van der Waals surface area contributed by atoms with Gasteiger partial charge >= 0.3 is 6.09 Å². The van der Waals surface area contributed by atoms with Gasteiger partial charge in [0.1, 0.15) is 11.6 Å². The summed E-state index contributed by atoms with van der Waals surface area (Å²) in [5, 5.41) is 6.79. The van der Waals surface area contributed by atoms with E-state index in [1.807, 2.05) is 24.6 Å². The largest absolute Gasteiger partial charge is 0.444 e. The first-order valence-corrected chi connectivity index (χ1v) is 10.5. The fourth-order valence-corrected chi connectivity index (χ4v) is 3.18. The second kappa shape index (κ2) is 9.69. The average Bonchev–Trinajstić information content (AvgIpc) is 3.00. The van der Waals surface area contributed by atoms with Crippen molar-refractivity contribution in [2.45, 2.75) is 45.4 Å². The molecule has 148 valence electrons. The molecule has 6 nitrogen and oxygen atoms in total. The summed E-state index contributed by atoms with van der Waals surface area (Å²) in [5.41, 5.74) is 0.540. The number of fused-ring (bicyclic) bond motifs is 1. The molecule has 0 aliphatic rings. The van der Waals surface area contributed by atoms with Gasteiger partial charge in [-0.05, 0) is 56.7 Å². The number of alkyl carbamates (subject to hydrolysis) is 1. The second-order valence-electron chi connectivity index (χ2n) is 7.34. The predicted molar refractivity (Wildman–Crippen MR) is 111 cm³/mol. The average molecular weight is 392 g/mol. The summed E-state index contributed by atoms with van der Waals surface area (Å²) in [4.78, 5) is 24.6. The topological polar surface area (TPSA) is 72.4 Å². The molecule has 0 aliphatic carbocycles. The molecule has 0 spiro atoms. The van der Waals surface area contributed by atoms with Crippen molar-refractivity contribution < 1.29 is 14.3 Å². The van der Waals surface area contributed by atoms with Crippen molar-refractivity contribution in [2.24, 2.45) is 0 Å². The van der Waals surface area contributed by atoms with E-state index in [2.05, 4.69) is 33.4 Å². The van der Waals surface area contributed by atoms with Gasteiger partial charge in [0.25, 0.3) is 0 Å². The highest BCUT2D eigenvalue weighted by Gasteiger charge is 2.23. The molecule has 2 amide bonds. The van der Waals surface area contributed by atoms with Crippen molar-refractivity contribution in [2.75, 3.05) is 18.6 Å². The van der Waals surface area contributed by atoms with Crippen molar-refractivity contribution in [3.63, 3.8) is 0 Å². The summed E-state index contributed by atoms with van der Waals surface area (Å²) in [6, 6.07) is 9.58. The van der Waals surface area contributed by atoms with E-state index in [4.69, 9.17) is 4.74 Å². The van der Waals surface area contributed by atoms with Crippen LogP contribution in [0.15, 0.2) is 36.5 Å². The van der Waals surface area contributed by atoms with Crippen LogP contribution in [0, 0.1) is 0 Å². The Balaban J connectivity index is 1.89. The smallest absolute Gasteiger partial charge is 0.408 e. The van der Waals surface area contributed by atoms with Crippen LogP contribution in [0.2, 0.25) is 0 Å². The van der Waals surface area contributed by atoms with Crippen LogP contribution >= 0.6 is 11.8 Å². The van der Waals surface area contributed by atoms with Gasteiger partial charge in [-0.25, -0.2) is 4.79 Å². The molecule has 2 aromatic rings. The lowest BCUT2D eigenvalue weighted by atomic mass is 10.2. The molecule has 0 bridgehead atoms. The molecule has 1 heterocycles. The Morgan fingerprint density at radius 1 is 1.22 bits per heavy atom. The monoisotopic (exact) mass is 391 g/mol. The van der Waals surface area contributed by atoms with E-state index in [0.717, 1.165) is 11.3 Å². The molecule has 1 aromatic heterocycles. The van der Waals surface area contributed by atoms with E-state index < -0.39 is 17.7 Å². The van der Waals surface area contributed by atoms with Gasteiger partial charge in [-0.2, -0.15) is 11.8 Å². The summed E-state index contributed by atoms with van der Waals surface area (Å²) in [6.07, 6.45) is 3.97. The standard InChI is InChI=1S/C20H29N3O3S/c1-20(2,3)26-19(25)22-16(10-14-27-4)18(24)21-11-13-23-12-9-15-7-5-6-8-17(15)23/h5-9,12,16H,10-11,13-14H2,1-4H3,(H,21,24)(H,22,25). The Morgan fingerprint density at radius 3 is 2.67 bits per heavy atom. The Kier molecular flexibility index (Phi) is 7.59. The number of ether oxygens (including phenoxy) is 1. The molecular formula is C20H29N3O3S. The van der Waals surface area contributed by atoms with Crippen molar-refractivity contribution in [3.05, 3.63) is 36.5 Å². The van der Waals surface area contributed by atoms with Gasteiger partial charge in [-0.1, -0.05) is 18.2 Å². The number of amides is 2. The van der Waals surface area contributed by atoms with E-state index in [1.165, 1.54) is 5.39 Å². The van der Waals surface area contributed by atoms with Gasteiger partial charge in [0, 0.05) is 24.8 Å². The normalized spacial score (nSPS) is 12.6. The van der Waals surface area contributed by atoms with Crippen LogP contribution in [-0.4, -0.2) is 46.8 Å². The van der Waals surface area contributed by atoms with Gasteiger partial charge in [-0.15, -0.1) is 0 Å². The first-order chi connectivity index (χ1) is 12.8. The molecule has 1 aromatic carbocycles. The molecule has 1 unspecified atom stereocenters. The van der Waals surface area contributed by atoms with Crippen LogP contribution in [-0.2, 0) is 16.1 Å². The van der Waals surface area contributed by atoms with Crippen molar-refractivity contribution >= 4 is 34.7 Å². The first-order valence-electron chi connectivity index (χ1n) is 9.10. The second-order valence-corrected chi connectivity index (χ2v) is 8.32. The molecule has 0 saturated heterocycles. The quantitative estimate of drug-likeness (QED) is 0.723. The number of carbonyl (C=O) groups excluding carboxylic acids is 2. The number of hydrogen-bond donors (Lipinski definition) is 2. The minimum atomic E-state index is -0.603. The van der Waals surface area contributed by atoms with Crippen LogP contribution in [0.4, 0.5) is 4.79 Å². The third kappa shape index (κ3) is 6.82. The van der Waals surface area contributed by atoms with Crippen molar-refractivity contribution in [1.29, 1.82) is 0 Å². The van der Waals surface area contributed by atoms with E-state index >= 15 is 0 Å². The molecule has 7 heteroatoms. The fourth-order valence-electron chi connectivity index (χ4n) is 2.71. The maximum absolute atomic E-state index is 12.5. The van der Waals surface area contributed by atoms with Crippen LogP contribution in [0.1, 0.15) is 27.2 Å². The van der Waals surface area contributed by atoms with E-state index in [0.29, 0.717) is 19.5 Å². The number of nitrogens with one attached hydrogen (secondary N) is 2. The minimum absolute atomic E-state index is 0.189. The third-order valence-corrected chi connectivity index (χ3v) is 4.59. The van der Waals surface area contributed by atoms with Crippen LogP contribution in [0.3, 0.4) is 0 Å². The maximum Gasteiger partial charge on any atom is 0.408 e. The first kappa shape index (κ1) is 21.2. The summed E-state index contributed by atoms with van der Waals surface area (Å²) in [7, 11) is 0. The number of hydrogen-bond acceptors (Lipinski definition) is 4. The van der Waals surface area contributed by atoms with Crippen molar-refractivity contribution in [1.82, 2.24) is 15.2 Å². The fraction of sp³-hybridized carbons (Fsp3) is 0.500. The third-order valence-electron chi connectivity index (χ3n) is 3.95. The SMILES string of the molecule is CSCCC(NC(=O)OC(C)(C)C)C(=O)NCCn1ccc2ccccc21. The zero-order valence-electron chi connectivity index (χ0n) is 16.5. The molecule has 27 heavy (non-hydrogen) atoms. The number of carbonyl (C=O) groups is 2. The van der Waals surface area contributed by atoms with E-state index in [-0.39, 0.29) is 5.91 Å². The minimum Gasteiger partial charge on any atom is -0.444 e. The lowest BCUT2D eigenvalue weighted by Crippen LogP contribution is -2.49. The van der Waals surface area contributed by atoms with Gasteiger partial charge in [0.15, 0.2) is 0 Å². The molecule has 0 fully saturated rings. The number of thioether (sulfide) groups is 1. The van der Waals surface area contributed by atoms with Gasteiger partial charge < -0.3 is 19.9 Å². The molecule has 1 atom stereocenters. The number of para-hydroxylation sites is 1. The Hall–Kier alpha value is -2.15. The predicted octanol–water partition coefficient (Wildman–Crippen LogP) is 3.40. The molecule has 2 rings (SSSR count). The lowest BCUT2D eigenvalue weighted by molar-refractivity contribution is -0.123. The zero-order chi connectivity index (χ0) is 19.9. The zero-order valence-corrected chi connectivity index (χ0v) is 17.3. The molecule has 0 radical (unpaired) electrons. The van der Waals surface area contributed by atoms with E-state index in [1.54, 1.807) is 32.5 Å². The molecule has 2 N–H and O–H groups in total. The molecule has 0 saturated carbocycles. The summed E-state index contributed by atoms with van der Waals surface area (Å²) < 4.78 is 7.37. The van der Waals surface area contributed by atoms with Gasteiger partial charge in [0.05, 0.1) is 0 Å². The van der Waals surface area contributed by atoms with Gasteiger partial charge in [-0.3, -0.25) is 4.79 Å². The van der Waals surface area contributed by atoms with Crippen LogP contribution in [0.5, 0.6) is 0 Å². The summed E-state index contributed by atoms with van der Waals surface area (Å²) in [5.74, 6) is 0.585. The Bertz CT molecular complexity index is 767.